The number of likely N-dealkylation sites (tertiary alicyclic amines) is 1. The van der Waals surface area contributed by atoms with Crippen LogP contribution in [-0.2, 0) is 17.5 Å². The van der Waals surface area contributed by atoms with Crippen LogP contribution < -0.4 is 5.32 Å². The standard InChI is InChI=1S/C29H32F3N5O/c1-21(2)36-16-13-26(14-17-36)37(28(38)11-8-22-6-9-24(10-7-22)29(30,31)32)19-23-4-3-5-25(18-23)35-27-12-15-33-20-34-27/h3-12,15,18,20-21,26H,13-14,16-17,19H2,1-2H3,(H,33,34,35). The second kappa shape index (κ2) is 12.2. The number of carbonyl (C=O) groups is 1. The molecule has 0 atom stereocenters. The maximum Gasteiger partial charge on any atom is 0.416 e. The number of benzene rings is 2. The van der Waals surface area contributed by atoms with Gasteiger partial charge in [-0.2, -0.15) is 13.2 Å². The summed E-state index contributed by atoms with van der Waals surface area (Å²) in [4.78, 5) is 25.9. The minimum atomic E-state index is -4.39. The van der Waals surface area contributed by atoms with Crippen LogP contribution in [0.2, 0.25) is 0 Å². The maximum atomic E-state index is 13.5. The number of piperidine rings is 1. The van der Waals surface area contributed by atoms with Gasteiger partial charge in [-0.05, 0) is 74.2 Å². The molecule has 0 spiro atoms. The van der Waals surface area contributed by atoms with Crippen LogP contribution in [0.15, 0.2) is 73.2 Å². The molecule has 38 heavy (non-hydrogen) atoms. The third-order valence-electron chi connectivity index (χ3n) is 6.74. The summed E-state index contributed by atoms with van der Waals surface area (Å²) in [5.74, 6) is 0.507. The van der Waals surface area contributed by atoms with Crippen molar-refractivity contribution in [2.45, 2.75) is 51.5 Å². The molecule has 0 unspecified atom stereocenters. The van der Waals surface area contributed by atoms with Gasteiger partial charge in [0.2, 0.25) is 5.91 Å². The Morgan fingerprint density at radius 2 is 1.87 bits per heavy atom. The predicted molar refractivity (Wildman–Crippen MR) is 143 cm³/mol. The fourth-order valence-corrected chi connectivity index (χ4v) is 4.60. The third-order valence-corrected chi connectivity index (χ3v) is 6.74. The quantitative estimate of drug-likeness (QED) is 0.359. The number of carbonyl (C=O) groups excluding carboxylic acids is 1. The average molecular weight is 524 g/mol. The van der Waals surface area contributed by atoms with Gasteiger partial charge < -0.3 is 15.1 Å². The Bertz CT molecular complexity index is 1220. The number of nitrogens with zero attached hydrogens (tertiary/aromatic N) is 4. The molecule has 6 nitrogen and oxygen atoms in total. The van der Waals surface area contributed by atoms with E-state index >= 15 is 0 Å². The maximum absolute atomic E-state index is 13.5. The van der Waals surface area contributed by atoms with Crippen LogP contribution in [-0.4, -0.2) is 50.8 Å². The zero-order valence-corrected chi connectivity index (χ0v) is 21.5. The second-order valence-electron chi connectivity index (χ2n) is 9.70. The Kier molecular flexibility index (Phi) is 8.78. The number of aromatic nitrogens is 2. The van der Waals surface area contributed by atoms with Crippen LogP contribution in [0.3, 0.4) is 0 Å². The normalized spacial score (nSPS) is 15.2. The molecule has 1 N–H and O–H groups in total. The Morgan fingerprint density at radius 3 is 2.50 bits per heavy atom. The Hall–Kier alpha value is -3.72. The summed E-state index contributed by atoms with van der Waals surface area (Å²) >= 11 is 0. The number of nitrogens with one attached hydrogen (secondary N) is 1. The van der Waals surface area contributed by atoms with E-state index in [1.54, 1.807) is 18.3 Å². The van der Waals surface area contributed by atoms with Gasteiger partial charge in [-0.25, -0.2) is 9.97 Å². The van der Waals surface area contributed by atoms with Gasteiger partial charge in [0.15, 0.2) is 0 Å². The molecular weight excluding hydrogens is 491 g/mol. The summed E-state index contributed by atoms with van der Waals surface area (Å²) in [6, 6.07) is 14.9. The molecule has 2 heterocycles. The minimum absolute atomic E-state index is 0.0632. The molecule has 200 valence electrons. The second-order valence-corrected chi connectivity index (χ2v) is 9.70. The summed E-state index contributed by atoms with van der Waals surface area (Å²) in [6.45, 7) is 6.58. The Labute approximate surface area is 221 Å². The highest BCUT2D eigenvalue weighted by atomic mass is 19.4. The molecule has 4 rings (SSSR count). The molecular formula is C29H32F3N5O. The number of halogens is 3. The van der Waals surface area contributed by atoms with Crippen molar-refractivity contribution >= 4 is 23.5 Å². The van der Waals surface area contributed by atoms with Crippen molar-refractivity contribution in [3.8, 4) is 0 Å². The first-order valence-electron chi connectivity index (χ1n) is 12.7. The summed E-state index contributed by atoms with van der Waals surface area (Å²) < 4.78 is 38.7. The molecule has 0 saturated carbocycles. The van der Waals surface area contributed by atoms with E-state index < -0.39 is 11.7 Å². The predicted octanol–water partition coefficient (Wildman–Crippen LogP) is 6.15. The van der Waals surface area contributed by atoms with Gasteiger partial charge in [0.25, 0.3) is 0 Å². The van der Waals surface area contributed by atoms with Gasteiger partial charge in [0, 0.05) is 49.7 Å². The molecule has 1 amide bonds. The van der Waals surface area contributed by atoms with Gasteiger partial charge >= 0.3 is 6.18 Å². The number of anilines is 2. The number of hydrogen-bond acceptors (Lipinski definition) is 5. The summed E-state index contributed by atoms with van der Waals surface area (Å²) in [5, 5.41) is 3.25. The van der Waals surface area contributed by atoms with Crippen molar-refractivity contribution in [2.24, 2.45) is 0 Å². The van der Waals surface area contributed by atoms with E-state index in [0.29, 0.717) is 24.0 Å². The fraction of sp³-hybridized carbons (Fsp3) is 0.345. The summed E-state index contributed by atoms with van der Waals surface area (Å²) in [5.41, 5.74) is 1.64. The SMILES string of the molecule is CC(C)N1CCC(N(Cc2cccc(Nc3ccncn3)c2)C(=O)C=Cc2ccc(C(F)(F)F)cc2)CC1. The Balaban J connectivity index is 1.51. The Morgan fingerprint density at radius 1 is 1.13 bits per heavy atom. The molecule has 1 aromatic heterocycles. The van der Waals surface area contributed by atoms with Crippen LogP contribution in [0.4, 0.5) is 24.7 Å². The van der Waals surface area contributed by atoms with Crippen LogP contribution >= 0.6 is 0 Å². The first-order chi connectivity index (χ1) is 18.2. The van der Waals surface area contributed by atoms with Gasteiger partial charge in [0.05, 0.1) is 5.56 Å². The zero-order chi connectivity index (χ0) is 27.1. The molecule has 1 fully saturated rings. The van der Waals surface area contributed by atoms with Gasteiger partial charge in [0.1, 0.15) is 12.1 Å². The number of amides is 1. The number of alkyl halides is 3. The topological polar surface area (TPSA) is 61.4 Å². The van der Waals surface area contributed by atoms with Crippen molar-refractivity contribution in [3.05, 3.63) is 89.9 Å². The van der Waals surface area contributed by atoms with Gasteiger partial charge in [-0.15, -0.1) is 0 Å². The summed E-state index contributed by atoms with van der Waals surface area (Å²) in [6.07, 6.45) is 3.49. The van der Waals surface area contributed by atoms with Crippen molar-refractivity contribution < 1.29 is 18.0 Å². The molecule has 1 aliphatic heterocycles. The lowest BCUT2D eigenvalue weighted by molar-refractivity contribution is -0.137. The van der Waals surface area contributed by atoms with E-state index in [2.05, 4.69) is 34.0 Å². The lowest BCUT2D eigenvalue weighted by atomic mass is 10.0. The van der Waals surface area contributed by atoms with Crippen LogP contribution in [0, 0.1) is 0 Å². The van der Waals surface area contributed by atoms with Crippen molar-refractivity contribution in [1.82, 2.24) is 19.8 Å². The van der Waals surface area contributed by atoms with E-state index in [4.69, 9.17) is 0 Å². The van der Waals surface area contributed by atoms with E-state index in [1.165, 1.54) is 24.5 Å². The average Bonchev–Trinajstić information content (AvgIpc) is 2.91. The molecule has 9 heteroatoms. The van der Waals surface area contributed by atoms with E-state index in [0.717, 1.165) is 49.3 Å². The highest BCUT2D eigenvalue weighted by Crippen LogP contribution is 2.29. The zero-order valence-electron chi connectivity index (χ0n) is 21.5. The first-order valence-corrected chi connectivity index (χ1v) is 12.7. The molecule has 1 saturated heterocycles. The van der Waals surface area contributed by atoms with Crippen LogP contribution in [0.5, 0.6) is 0 Å². The molecule has 2 aromatic carbocycles. The van der Waals surface area contributed by atoms with Gasteiger partial charge in [-0.3, -0.25) is 4.79 Å². The monoisotopic (exact) mass is 523 g/mol. The number of rotatable bonds is 8. The molecule has 0 bridgehead atoms. The van der Waals surface area contributed by atoms with E-state index in [-0.39, 0.29) is 11.9 Å². The van der Waals surface area contributed by atoms with Crippen molar-refractivity contribution in [1.29, 1.82) is 0 Å². The highest BCUT2D eigenvalue weighted by Gasteiger charge is 2.30. The summed E-state index contributed by atoms with van der Waals surface area (Å²) in [7, 11) is 0. The van der Waals surface area contributed by atoms with Crippen molar-refractivity contribution in [3.63, 3.8) is 0 Å². The molecule has 3 aromatic rings. The molecule has 0 radical (unpaired) electrons. The minimum Gasteiger partial charge on any atom is -0.340 e. The van der Waals surface area contributed by atoms with Gasteiger partial charge in [-0.1, -0.05) is 24.3 Å². The molecule has 1 aliphatic rings. The third kappa shape index (κ3) is 7.41. The number of hydrogen-bond donors (Lipinski definition) is 1. The lowest BCUT2D eigenvalue weighted by Gasteiger charge is -2.39. The largest absolute Gasteiger partial charge is 0.416 e. The first kappa shape index (κ1) is 27.3. The van der Waals surface area contributed by atoms with E-state index in [1.807, 2.05) is 29.2 Å². The highest BCUT2D eigenvalue weighted by molar-refractivity contribution is 5.92. The fourth-order valence-electron chi connectivity index (χ4n) is 4.60. The van der Waals surface area contributed by atoms with Crippen LogP contribution in [0.1, 0.15) is 43.4 Å². The smallest absolute Gasteiger partial charge is 0.340 e. The van der Waals surface area contributed by atoms with E-state index in [9.17, 15) is 18.0 Å². The van der Waals surface area contributed by atoms with Crippen LogP contribution in [0.25, 0.3) is 6.08 Å². The lowest BCUT2D eigenvalue weighted by Crippen LogP contribution is -2.48. The van der Waals surface area contributed by atoms with Crippen molar-refractivity contribution in [2.75, 3.05) is 18.4 Å². The molecule has 0 aliphatic carbocycles.